The minimum atomic E-state index is -4.50. The number of hydrogen-bond acceptors (Lipinski definition) is 1. The number of rotatable bonds is 2. The Kier molecular flexibility index (Phi) is 3.57. The molecule has 0 radical (unpaired) electrons. The fraction of sp³-hybridized carbons (Fsp3) is 0.455. The molecule has 1 atom stereocenters. The molecule has 1 N–H and O–H groups in total. The standard InChI is InChI=1S/C11H13F4N/c1-6-4-7(2)9(8(12)5-6)10(16-3)11(13,14)15/h4-5,10,16H,1-3H3. The maximum atomic E-state index is 13.5. The number of halogens is 4. The normalized spacial score (nSPS) is 13.9. The van der Waals surface area contributed by atoms with Crippen LogP contribution in [0.3, 0.4) is 0 Å². The first-order valence-electron chi connectivity index (χ1n) is 4.78. The van der Waals surface area contributed by atoms with Crippen molar-refractivity contribution in [1.29, 1.82) is 0 Å². The second kappa shape index (κ2) is 4.41. The summed E-state index contributed by atoms with van der Waals surface area (Å²) < 4.78 is 51.5. The van der Waals surface area contributed by atoms with E-state index in [-0.39, 0.29) is 5.56 Å². The van der Waals surface area contributed by atoms with Gasteiger partial charge in [-0.1, -0.05) is 6.07 Å². The molecule has 5 heteroatoms. The molecule has 0 amide bonds. The van der Waals surface area contributed by atoms with E-state index in [4.69, 9.17) is 0 Å². The van der Waals surface area contributed by atoms with Crippen molar-refractivity contribution in [3.8, 4) is 0 Å². The van der Waals surface area contributed by atoms with Crippen LogP contribution in [0.5, 0.6) is 0 Å². The highest BCUT2D eigenvalue weighted by atomic mass is 19.4. The molecule has 1 aromatic rings. The van der Waals surface area contributed by atoms with E-state index in [1.165, 1.54) is 13.0 Å². The van der Waals surface area contributed by atoms with E-state index in [2.05, 4.69) is 5.32 Å². The first-order valence-corrected chi connectivity index (χ1v) is 4.78. The van der Waals surface area contributed by atoms with Crippen molar-refractivity contribution in [3.05, 3.63) is 34.6 Å². The predicted octanol–water partition coefficient (Wildman–Crippen LogP) is 3.27. The molecule has 0 aliphatic heterocycles. The molecule has 1 unspecified atom stereocenters. The van der Waals surface area contributed by atoms with Gasteiger partial charge in [-0.2, -0.15) is 13.2 Å². The van der Waals surface area contributed by atoms with Gasteiger partial charge in [0, 0.05) is 5.56 Å². The van der Waals surface area contributed by atoms with E-state index in [0.29, 0.717) is 11.1 Å². The zero-order chi connectivity index (χ0) is 12.5. The number of aryl methyl sites for hydroxylation is 2. The van der Waals surface area contributed by atoms with E-state index < -0.39 is 18.0 Å². The Hall–Kier alpha value is -1.10. The highest BCUT2D eigenvalue weighted by Crippen LogP contribution is 2.35. The fourth-order valence-electron chi connectivity index (χ4n) is 1.76. The minimum Gasteiger partial charge on any atom is -0.305 e. The second-order valence-corrected chi connectivity index (χ2v) is 3.74. The van der Waals surface area contributed by atoms with Crippen LogP contribution in [0.25, 0.3) is 0 Å². The highest BCUT2D eigenvalue weighted by Gasteiger charge is 2.41. The summed E-state index contributed by atoms with van der Waals surface area (Å²) in [6.45, 7) is 3.11. The van der Waals surface area contributed by atoms with Crippen LogP contribution in [0.1, 0.15) is 22.7 Å². The van der Waals surface area contributed by atoms with Crippen molar-refractivity contribution in [2.45, 2.75) is 26.1 Å². The predicted molar refractivity (Wildman–Crippen MR) is 53.7 cm³/mol. The van der Waals surface area contributed by atoms with Gasteiger partial charge in [-0.25, -0.2) is 4.39 Å². The third-order valence-corrected chi connectivity index (χ3v) is 2.39. The molecular formula is C11H13F4N. The summed E-state index contributed by atoms with van der Waals surface area (Å²) in [4.78, 5) is 0. The molecule has 0 saturated heterocycles. The van der Waals surface area contributed by atoms with Crippen LogP contribution in [-0.4, -0.2) is 13.2 Å². The van der Waals surface area contributed by atoms with Crippen molar-refractivity contribution >= 4 is 0 Å². The van der Waals surface area contributed by atoms with Crippen molar-refractivity contribution in [2.75, 3.05) is 7.05 Å². The van der Waals surface area contributed by atoms with Gasteiger partial charge in [0.15, 0.2) is 0 Å². The van der Waals surface area contributed by atoms with Crippen molar-refractivity contribution in [1.82, 2.24) is 5.32 Å². The smallest absolute Gasteiger partial charge is 0.305 e. The summed E-state index contributed by atoms with van der Waals surface area (Å²) in [6.07, 6.45) is -4.50. The lowest BCUT2D eigenvalue weighted by Gasteiger charge is -2.22. The largest absolute Gasteiger partial charge is 0.408 e. The lowest BCUT2D eigenvalue weighted by Crippen LogP contribution is -2.33. The quantitative estimate of drug-likeness (QED) is 0.776. The van der Waals surface area contributed by atoms with E-state index in [0.717, 1.165) is 13.1 Å². The summed E-state index contributed by atoms with van der Waals surface area (Å²) in [5.74, 6) is -0.825. The van der Waals surface area contributed by atoms with Crippen LogP contribution in [0.2, 0.25) is 0 Å². The third kappa shape index (κ3) is 2.52. The number of alkyl halides is 3. The van der Waals surface area contributed by atoms with Gasteiger partial charge in [0.05, 0.1) is 0 Å². The molecule has 1 nitrogen and oxygen atoms in total. The van der Waals surface area contributed by atoms with Crippen molar-refractivity contribution in [3.63, 3.8) is 0 Å². The summed E-state index contributed by atoms with van der Waals surface area (Å²) >= 11 is 0. The molecule has 0 bridgehead atoms. The summed E-state index contributed by atoms with van der Waals surface area (Å²) in [5, 5.41) is 2.09. The van der Waals surface area contributed by atoms with Gasteiger partial charge < -0.3 is 5.32 Å². The van der Waals surface area contributed by atoms with E-state index >= 15 is 0 Å². The highest BCUT2D eigenvalue weighted by molar-refractivity contribution is 5.35. The van der Waals surface area contributed by atoms with Gasteiger partial charge >= 0.3 is 6.18 Å². The van der Waals surface area contributed by atoms with Crippen LogP contribution >= 0.6 is 0 Å². The van der Waals surface area contributed by atoms with Crippen LogP contribution in [0.15, 0.2) is 12.1 Å². The minimum absolute atomic E-state index is 0.300. The topological polar surface area (TPSA) is 12.0 Å². The zero-order valence-electron chi connectivity index (χ0n) is 9.24. The average molecular weight is 235 g/mol. The maximum absolute atomic E-state index is 13.5. The Balaban J connectivity index is 3.31. The lowest BCUT2D eigenvalue weighted by molar-refractivity contribution is -0.157. The van der Waals surface area contributed by atoms with Gasteiger partial charge in [0.1, 0.15) is 11.9 Å². The Morgan fingerprint density at radius 2 is 1.75 bits per heavy atom. The van der Waals surface area contributed by atoms with Gasteiger partial charge in [-0.15, -0.1) is 0 Å². The van der Waals surface area contributed by atoms with E-state index in [1.807, 2.05) is 0 Å². The molecule has 0 spiro atoms. The Morgan fingerprint density at radius 1 is 1.19 bits per heavy atom. The molecular weight excluding hydrogens is 222 g/mol. The molecule has 0 aromatic heterocycles. The molecule has 0 saturated carbocycles. The van der Waals surface area contributed by atoms with Crippen molar-refractivity contribution < 1.29 is 17.6 Å². The second-order valence-electron chi connectivity index (χ2n) is 3.74. The zero-order valence-corrected chi connectivity index (χ0v) is 9.24. The van der Waals surface area contributed by atoms with Crippen LogP contribution < -0.4 is 5.32 Å². The fourth-order valence-corrected chi connectivity index (χ4v) is 1.76. The summed E-state index contributed by atoms with van der Waals surface area (Å²) in [6, 6.07) is 0.681. The first kappa shape index (κ1) is 13.0. The molecule has 1 aromatic carbocycles. The summed E-state index contributed by atoms with van der Waals surface area (Å²) in [7, 11) is 1.16. The van der Waals surface area contributed by atoms with Gasteiger partial charge in [0.25, 0.3) is 0 Å². The Morgan fingerprint density at radius 3 is 2.12 bits per heavy atom. The Labute approximate surface area is 91.5 Å². The lowest BCUT2D eigenvalue weighted by atomic mass is 9.98. The molecule has 0 fully saturated rings. The van der Waals surface area contributed by atoms with E-state index in [1.54, 1.807) is 6.92 Å². The average Bonchev–Trinajstić information content (AvgIpc) is 2.08. The third-order valence-electron chi connectivity index (χ3n) is 2.39. The van der Waals surface area contributed by atoms with Crippen LogP contribution in [0, 0.1) is 19.7 Å². The monoisotopic (exact) mass is 235 g/mol. The molecule has 0 aliphatic carbocycles. The maximum Gasteiger partial charge on any atom is 0.408 e. The van der Waals surface area contributed by atoms with Gasteiger partial charge in [-0.3, -0.25) is 0 Å². The summed E-state index contributed by atoms with van der Waals surface area (Å²) in [5.41, 5.74) is 0.575. The molecule has 0 aliphatic rings. The van der Waals surface area contributed by atoms with Crippen LogP contribution in [0.4, 0.5) is 17.6 Å². The van der Waals surface area contributed by atoms with Gasteiger partial charge in [0.2, 0.25) is 0 Å². The van der Waals surface area contributed by atoms with Crippen LogP contribution in [-0.2, 0) is 0 Å². The molecule has 90 valence electrons. The molecule has 0 heterocycles. The van der Waals surface area contributed by atoms with Gasteiger partial charge in [-0.05, 0) is 38.1 Å². The first-order chi connectivity index (χ1) is 7.27. The molecule has 16 heavy (non-hydrogen) atoms. The Bertz CT molecular complexity index is 361. The number of benzene rings is 1. The SMILES string of the molecule is CNC(c1c(C)cc(C)cc1F)C(F)(F)F. The molecule has 1 rings (SSSR count). The number of nitrogens with one attached hydrogen (secondary N) is 1. The van der Waals surface area contributed by atoms with E-state index in [9.17, 15) is 17.6 Å². The number of hydrogen-bond donors (Lipinski definition) is 1. The van der Waals surface area contributed by atoms with Crippen molar-refractivity contribution in [2.24, 2.45) is 0 Å².